The molecule has 0 amide bonds. The van der Waals surface area contributed by atoms with Crippen LogP contribution < -0.4 is 5.73 Å². The van der Waals surface area contributed by atoms with Gasteiger partial charge in [-0.25, -0.2) is 13.2 Å². The Bertz CT molecular complexity index is 890. The predicted octanol–water partition coefficient (Wildman–Crippen LogP) is 3.63. The lowest BCUT2D eigenvalue weighted by atomic mass is 10.0. The van der Waals surface area contributed by atoms with Crippen molar-refractivity contribution in [3.05, 3.63) is 71.2 Å². The van der Waals surface area contributed by atoms with Crippen LogP contribution in [0.5, 0.6) is 0 Å². The van der Waals surface area contributed by atoms with Gasteiger partial charge in [0, 0.05) is 24.2 Å². The van der Waals surface area contributed by atoms with Gasteiger partial charge in [0.05, 0.1) is 6.20 Å². The fourth-order valence-electron chi connectivity index (χ4n) is 2.67. The summed E-state index contributed by atoms with van der Waals surface area (Å²) in [4.78, 5) is 0. The summed E-state index contributed by atoms with van der Waals surface area (Å²) in [5.74, 6) is -3.07. The molecule has 0 aliphatic rings. The molecule has 3 rings (SSSR count). The lowest BCUT2D eigenvalue weighted by molar-refractivity contribution is 0.473. The quantitative estimate of drug-likeness (QED) is 0.683. The fourth-order valence-corrected chi connectivity index (χ4v) is 2.67. The van der Waals surface area contributed by atoms with Crippen molar-refractivity contribution in [3.63, 3.8) is 0 Å². The molecule has 4 nitrogen and oxygen atoms in total. The molecule has 0 radical (unpaired) electrons. The van der Waals surface area contributed by atoms with Gasteiger partial charge in [0.25, 0.3) is 0 Å². The Labute approximate surface area is 149 Å². The Hall–Kier alpha value is -2.67. The van der Waals surface area contributed by atoms with E-state index in [-0.39, 0.29) is 12.0 Å². The number of benzene rings is 2. The van der Waals surface area contributed by atoms with Crippen LogP contribution in [0.4, 0.5) is 13.2 Å². The molecule has 2 N–H and O–H groups in total. The lowest BCUT2D eigenvalue weighted by Gasteiger charge is -2.12. The molecule has 0 spiro atoms. The Morgan fingerprint density at radius 2 is 1.73 bits per heavy atom. The van der Waals surface area contributed by atoms with E-state index in [0.717, 1.165) is 22.9 Å². The standard InChI is InChI=1S/C19H19F3N4/c1-12-2-4-13(5-3-12)19-11-26(25-24-19)7-6-15(23)8-14-9-17(21)18(22)10-16(14)20/h2-5,9-11,15H,6-8,23H2,1H3/t15-/m0/s1. The van der Waals surface area contributed by atoms with Gasteiger partial charge in [-0.05, 0) is 31.4 Å². The van der Waals surface area contributed by atoms with Gasteiger partial charge < -0.3 is 5.73 Å². The van der Waals surface area contributed by atoms with E-state index in [9.17, 15) is 13.2 Å². The molecular formula is C19H19F3N4. The van der Waals surface area contributed by atoms with Crippen molar-refractivity contribution in [2.75, 3.05) is 0 Å². The first-order chi connectivity index (χ1) is 12.4. The summed E-state index contributed by atoms with van der Waals surface area (Å²) in [6.45, 7) is 2.50. The summed E-state index contributed by atoms with van der Waals surface area (Å²) < 4.78 is 41.6. The predicted molar refractivity (Wildman–Crippen MR) is 92.8 cm³/mol. The van der Waals surface area contributed by atoms with E-state index in [1.807, 2.05) is 37.4 Å². The van der Waals surface area contributed by atoms with E-state index in [1.54, 1.807) is 4.68 Å². The van der Waals surface area contributed by atoms with E-state index in [1.165, 1.54) is 0 Å². The molecule has 0 aliphatic heterocycles. The average molecular weight is 360 g/mol. The Morgan fingerprint density at radius 1 is 1.04 bits per heavy atom. The minimum atomic E-state index is -1.20. The second-order valence-corrected chi connectivity index (χ2v) is 6.34. The van der Waals surface area contributed by atoms with E-state index in [2.05, 4.69) is 10.3 Å². The van der Waals surface area contributed by atoms with Gasteiger partial charge in [0.2, 0.25) is 0 Å². The van der Waals surface area contributed by atoms with Gasteiger partial charge in [-0.3, -0.25) is 4.68 Å². The first-order valence-corrected chi connectivity index (χ1v) is 8.28. The normalized spacial score (nSPS) is 12.3. The Kier molecular flexibility index (Phi) is 5.37. The number of rotatable bonds is 6. The second-order valence-electron chi connectivity index (χ2n) is 6.34. The zero-order chi connectivity index (χ0) is 18.7. The van der Waals surface area contributed by atoms with Gasteiger partial charge >= 0.3 is 0 Å². The Morgan fingerprint density at radius 3 is 2.46 bits per heavy atom. The molecule has 1 atom stereocenters. The van der Waals surface area contributed by atoms with E-state index in [0.29, 0.717) is 19.0 Å². The molecule has 7 heteroatoms. The molecule has 0 saturated carbocycles. The highest BCUT2D eigenvalue weighted by Gasteiger charge is 2.13. The van der Waals surface area contributed by atoms with Crippen molar-refractivity contribution in [2.24, 2.45) is 5.73 Å². The van der Waals surface area contributed by atoms with Crippen molar-refractivity contribution in [1.82, 2.24) is 15.0 Å². The van der Waals surface area contributed by atoms with Crippen molar-refractivity contribution in [1.29, 1.82) is 0 Å². The number of nitrogens with two attached hydrogens (primary N) is 1. The van der Waals surface area contributed by atoms with Crippen LogP contribution in [0.2, 0.25) is 0 Å². The van der Waals surface area contributed by atoms with E-state index >= 15 is 0 Å². The summed E-state index contributed by atoms with van der Waals surface area (Å²) in [7, 11) is 0. The molecule has 0 aliphatic carbocycles. The van der Waals surface area contributed by atoms with E-state index < -0.39 is 23.5 Å². The van der Waals surface area contributed by atoms with Crippen LogP contribution in [0.1, 0.15) is 17.5 Å². The highest BCUT2D eigenvalue weighted by Crippen LogP contribution is 2.18. The molecular weight excluding hydrogens is 341 g/mol. The van der Waals surface area contributed by atoms with Gasteiger partial charge in [-0.1, -0.05) is 35.0 Å². The summed E-state index contributed by atoms with van der Waals surface area (Å²) in [6.07, 6.45) is 2.42. The molecule has 0 bridgehead atoms. The molecule has 0 saturated heterocycles. The van der Waals surface area contributed by atoms with Gasteiger partial charge in [-0.2, -0.15) is 0 Å². The molecule has 2 aromatic carbocycles. The molecule has 26 heavy (non-hydrogen) atoms. The van der Waals surface area contributed by atoms with Crippen molar-refractivity contribution in [2.45, 2.75) is 32.4 Å². The minimum absolute atomic E-state index is 0.0651. The monoisotopic (exact) mass is 360 g/mol. The van der Waals surface area contributed by atoms with E-state index in [4.69, 9.17) is 5.73 Å². The first kappa shape index (κ1) is 18.1. The molecule has 1 aromatic heterocycles. The average Bonchev–Trinajstić information content (AvgIpc) is 3.07. The van der Waals surface area contributed by atoms with Crippen molar-refractivity contribution >= 4 is 0 Å². The highest BCUT2D eigenvalue weighted by atomic mass is 19.2. The number of hydrogen-bond donors (Lipinski definition) is 1. The summed E-state index contributed by atoms with van der Waals surface area (Å²) in [5, 5.41) is 8.20. The number of nitrogens with zero attached hydrogens (tertiary/aromatic N) is 3. The van der Waals surface area contributed by atoms with Crippen LogP contribution in [0.25, 0.3) is 11.3 Å². The summed E-state index contributed by atoms with van der Waals surface area (Å²) in [6, 6.07) is 8.93. The summed E-state index contributed by atoms with van der Waals surface area (Å²) >= 11 is 0. The summed E-state index contributed by atoms with van der Waals surface area (Å²) in [5.41, 5.74) is 8.95. The minimum Gasteiger partial charge on any atom is -0.327 e. The third kappa shape index (κ3) is 4.29. The van der Waals surface area contributed by atoms with Gasteiger partial charge in [0.15, 0.2) is 11.6 Å². The maximum absolute atomic E-state index is 13.7. The smallest absolute Gasteiger partial charge is 0.161 e. The van der Waals surface area contributed by atoms with Crippen LogP contribution in [0.15, 0.2) is 42.6 Å². The fraction of sp³-hybridized carbons (Fsp3) is 0.263. The van der Waals surface area contributed by atoms with Crippen molar-refractivity contribution in [3.8, 4) is 11.3 Å². The van der Waals surface area contributed by atoms with Crippen LogP contribution >= 0.6 is 0 Å². The SMILES string of the molecule is Cc1ccc(-c2cn(CC[C@H](N)Cc3cc(F)c(F)cc3F)nn2)cc1. The molecule has 1 heterocycles. The maximum atomic E-state index is 13.7. The lowest BCUT2D eigenvalue weighted by Crippen LogP contribution is -2.25. The molecule has 0 unspecified atom stereocenters. The van der Waals surface area contributed by atoms with Crippen LogP contribution in [0, 0.1) is 24.4 Å². The number of aryl methyl sites for hydroxylation is 2. The molecule has 3 aromatic rings. The van der Waals surface area contributed by atoms with Gasteiger partial charge in [-0.15, -0.1) is 5.10 Å². The Balaban J connectivity index is 1.59. The topological polar surface area (TPSA) is 56.7 Å². The van der Waals surface area contributed by atoms with Crippen LogP contribution in [-0.4, -0.2) is 21.0 Å². The number of aromatic nitrogens is 3. The first-order valence-electron chi connectivity index (χ1n) is 8.28. The van der Waals surface area contributed by atoms with Crippen LogP contribution in [0.3, 0.4) is 0 Å². The number of halogens is 3. The maximum Gasteiger partial charge on any atom is 0.161 e. The number of hydrogen-bond acceptors (Lipinski definition) is 3. The molecule has 0 fully saturated rings. The third-order valence-corrected chi connectivity index (χ3v) is 4.19. The van der Waals surface area contributed by atoms with Crippen LogP contribution in [-0.2, 0) is 13.0 Å². The van der Waals surface area contributed by atoms with Gasteiger partial charge in [0.1, 0.15) is 11.5 Å². The van der Waals surface area contributed by atoms with Crippen molar-refractivity contribution < 1.29 is 13.2 Å². The third-order valence-electron chi connectivity index (χ3n) is 4.19. The molecule has 136 valence electrons. The zero-order valence-corrected chi connectivity index (χ0v) is 14.3. The second kappa shape index (κ2) is 7.70. The highest BCUT2D eigenvalue weighted by molar-refractivity contribution is 5.57. The zero-order valence-electron chi connectivity index (χ0n) is 14.3. The largest absolute Gasteiger partial charge is 0.327 e.